The minimum atomic E-state index is -0.844. The molecule has 0 spiro atoms. The first-order valence-corrected chi connectivity index (χ1v) is 11.1. The van der Waals surface area contributed by atoms with E-state index in [1.807, 2.05) is 60.9 Å². The van der Waals surface area contributed by atoms with Crippen molar-refractivity contribution in [2.24, 2.45) is 4.99 Å². The van der Waals surface area contributed by atoms with Gasteiger partial charge in [-0.25, -0.2) is 0 Å². The molecule has 1 atom stereocenters. The number of carbonyl (C=O) groups is 2. The molecular weight excluding hydrogens is 432 g/mol. The van der Waals surface area contributed by atoms with Crippen molar-refractivity contribution in [3.63, 3.8) is 0 Å². The van der Waals surface area contributed by atoms with Crippen molar-refractivity contribution in [2.75, 3.05) is 23.3 Å². The minimum absolute atomic E-state index is 0.325. The molecule has 2 heterocycles. The zero-order chi connectivity index (χ0) is 21.6. The van der Waals surface area contributed by atoms with E-state index in [1.54, 1.807) is 12.1 Å². The summed E-state index contributed by atoms with van der Waals surface area (Å²) >= 11 is 7.11. The molecule has 0 bridgehead atoms. The molecule has 31 heavy (non-hydrogen) atoms. The Bertz CT molecular complexity index is 1080. The van der Waals surface area contributed by atoms with E-state index in [4.69, 9.17) is 11.6 Å². The lowest BCUT2D eigenvalue weighted by molar-refractivity contribution is -0.118. The van der Waals surface area contributed by atoms with Crippen LogP contribution in [-0.2, 0) is 4.79 Å². The highest BCUT2D eigenvalue weighted by Gasteiger charge is 2.24. The van der Waals surface area contributed by atoms with E-state index < -0.39 is 6.04 Å². The fourth-order valence-electron chi connectivity index (χ4n) is 3.28. The van der Waals surface area contributed by atoms with Crippen LogP contribution in [0, 0.1) is 0 Å². The fourth-order valence-corrected chi connectivity index (χ4v) is 4.22. The second-order valence-electron chi connectivity index (χ2n) is 7.03. The zero-order valence-electron chi connectivity index (χ0n) is 16.6. The number of aliphatic imine (C=N–C) groups is 1. The van der Waals surface area contributed by atoms with Crippen LogP contribution in [0.4, 0.5) is 11.4 Å². The van der Waals surface area contributed by atoms with Crippen LogP contribution in [0.2, 0.25) is 4.34 Å². The van der Waals surface area contributed by atoms with Crippen LogP contribution in [0.1, 0.15) is 27.7 Å². The van der Waals surface area contributed by atoms with Crippen molar-refractivity contribution < 1.29 is 9.59 Å². The number of benzene rings is 2. The van der Waals surface area contributed by atoms with Crippen LogP contribution in [0.15, 0.2) is 71.7 Å². The first kappa shape index (κ1) is 21.1. The molecule has 1 unspecified atom stereocenters. The van der Waals surface area contributed by atoms with E-state index in [-0.39, 0.29) is 11.8 Å². The molecule has 2 aromatic carbocycles. The first-order chi connectivity index (χ1) is 15.1. The molecular formula is C23H21ClN4O2S. The molecule has 1 aliphatic rings. The van der Waals surface area contributed by atoms with E-state index in [9.17, 15) is 9.59 Å². The van der Waals surface area contributed by atoms with E-state index >= 15 is 0 Å². The maximum atomic E-state index is 13.1. The Morgan fingerprint density at radius 1 is 1.03 bits per heavy atom. The highest BCUT2D eigenvalue weighted by atomic mass is 35.5. The summed E-state index contributed by atoms with van der Waals surface area (Å²) in [5, 5.41) is 5.73. The summed E-state index contributed by atoms with van der Waals surface area (Å²) in [6.07, 6.45) is 2.86. The average molecular weight is 453 g/mol. The van der Waals surface area contributed by atoms with Crippen molar-refractivity contribution in [3.8, 4) is 0 Å². The number of thiophene rings is 1. The second-order valence-corrected chi connectivity index (χ2v) is 8.74. The molecule has 0 saturated heterocycles. The quantitative estimate of drug-likeness (QED) is 0.566. The van der Waals surface area contributed by atoms with Gasteiger partial charge in [-0.2, -0.15) is 0 Å². The number of hydrogen-bond donors (Lipinski definition) is 2. The molecule has 8 heteroatoms. The summed E-state index contributed by atoms with van der Waals surface area (Å²) in [4.78, 5) is 32.6. The van der Waals surface area contributed by atoms with Gasteiger partial charge in [0.2, 0.25) is 0 Å². The average Bonchev–Trinajstić information content (AvgIpc) is 3.25. The summed E-state index contributed by atoms with van der Waals surface area (Å²) < 4.78 is 0.518. The molecule has 1 aliphatic heterocycles. The standard InChI is InChI=1S/C23H21ClN4O2S/c24-20-12-11-19(31-20)22(29)27-21(16-5-2-1-3-6-16)23(30)26-17-7-9-18(10-8-17)28-14-4-13-25-15-28/h1-3,5-12,15,21H,4,13-14H2,(H,26,30)(H,27,29). The maximum absolute atomic E-state index is 13.1. The van der Waals surface area contributed by atoms with E-state index in [0.29, 0.717) is 20.5 Å². The fraction of sp³-hybridized carbons (Fsp3) is 0.174. The van der Waals surface area contributed by atoms with Crippen LogP contribution >= 0.6 is 22.9 Å². The number of rotatable bonds is 6. The Balaban J connectivity index is 1.49. The molecule has 6 nitrogen and oxygen atoms in total. The molecule has 3 aromatic rings. The summed E-state index contributed by atoms with van der Waals surface area (Å²) in [5.74, 6) is -0.671. The second kappa shape index (κ2) is 9.76. The number of amides is 2. The number of hydrogen-bond acceptors (Lipinski definition) is 5. The van der Waals surface area contributed by atoms with Crippen LogP contribution in [0.3, 0.4) is 0 Å². The molecule has 2 N–H and O–H groups in total. The Morgan fingerprint density at radius 2 is 1.81 bits per heavy atom. The Morgan fingerprint density at radius 3 is 2.45 bits per heavy atom. The summed E-state index contributed by atoms with van der Waals surface area (Å²) in [7, 11) is 0. The molecule has 0 radical (unpaired) electrons. The van der Waals surface area contributed by atoms with Gasteiger partial charge in [0.1, 0.15) is 6.04 Å². The van der Waals surface area contributed by atoms with Crippen LogP contribution in [0.25, 0.3) is 0 Å². The monoisotopic (exact) mass is 452 g/mol. The van der Waals surface area contributed by atoms with Gasteiger partial charge in [0, 0.05) is 24.5 Å². The number of nitrogens with zero attached hydrogens (tertiary/aromatic N) is 2. The molecule has 1 aromatic heterocycles. The van der Waals surface area contributed by atoms with Crippen molar-refractivity contribution in [3.05, 3.63) is 81.5 Å². The third kappa shape index (κ3) is 5.31. The van der Waals surface area contributed by atoms with Crippen molar-refractivity contribution in [2.45, 2.75) is 12.5 Å². The number of anilines is 2. The van der Waals surface area contributed by atoms with Crippen molar-refractivity contribution in [1.29, 1.82) is 0 Å². The lowest BCUT2D eigenvalue weighted by Crippen LogP contribution is -2.36. The predicted octanol–water partition coefficient (Wildman–Crippen LogP) is 4.75. The summed E-state index contributed by atoms with van der Waals surface area (Å²) in [6.45, 7) is 1.78. The highest BCUT2D eigenvalue weighted by molar-refractivity contribution is 7.18. The highest BCUT2D eigenvalue weighted by Crippen LogP contribution is 2.24. The topological polar surface area (TPSA) is 73.8 Å². The van der Waals surface area contributed by atoms with E-state index in [2.05, 4.69) is 20.5 Å². The van der Waals surface area contributed by atoms with Gasteiger partial charge in [0.25, 0.3) is 11.8 Å². The van der Waals surface area contributed by atoms with Gasteiger partial charge >= 0.3 is 0 Å². The Labute approximate surface area is 189 Å². The number of halogens is 1. The van der Waals surface area contributed by atoms with Crippen molar-refractivity contribution in [1.82, 2.24) is 5.32 Å². The zero-order valence-corrected chi connectivity index (χ0v) is 18.2. The van der Waals surface area contributed by atoms with Gasteiger partial charge < -0.3 is 15.5 Å². The third-order valence-corrected chi connectivity index (χ3v) is 6.07. The molecule has 0 aliphatic carbocycles. The third-order valence-electron chi connectivity index (χ3n) is 4.84. The lowest BCUT2D eigenvalue weighted by Gasteiger charge is -2.23. The summed E-state index contributed by atoms with van der Waals surface area (Å²) in [6, 6.07) is 19.2. The van der Waals surface area contributed by atoms with Crippen molar-refractivity contribution >= 4 is 52.5 Å². The van der Waals surface area contributed by atoms with E-state index in [1.165, 1.54) is 11.3 Å². The molecule has 158 valence electrons. The Hall–Kier alpha value is -3.16. The Kier molecular flexibility index (Phi) is 6.64. The molecule has 0 fully saturated rings. The first-order valence-electron chi connectivity index (χ1n) is 9.89. The van der Waals surface area contributed by atoms with Gasteiger partial charge in [0.15, 0.2) is 0 Å². The normalized spacial score (nSPS) is 14.2. The number of nitrogens with one attached hydrogen (secondary N) is 2. The lowest BCUT2D eigenvalue weighted by atomic mass is 10.1. The van der Waals surface area contributed by atoms with E-state index in [0.717, 1.165) is 25.2 Å². The molecule has 4 rings (SSSR count). The van der Waals surface area contributed by atoms with Gasteiger partial charge in [-0.1, -0.05) is 41.9 Å². The molecule has 0 saturated carbocycles. The SMILES string of the molecule is O=C(NC(C(=O)Nc1ccc(N2C=NCCC2)cc1)c1ccccc1)c1ccc(Cl)s1. The maximum Gasteiger partial charge on any atom is 0.262 e. The largest absolute Gasteiger partial charge is 0.336 e. The van der Waals surface area contributed by atoms with Crippen LogP contribution in [0.5, 0.6) is 0 Å². The predicted molar refractivity (Wildman–Crippen MR) is 126 cm³/mol. The van der Waals surface area contributed by atoms with Gasteiger partial charge in [-0.05, 0) is 48.4 Å². The van der Waals surface area contributed by atoms with Gasteiger partial charge in [-0.3, -0.25) is 14.6 Å². The van der Waals surface area contributed by atoms with Crippen LogP contribution < -0.4 is 15.5 Å². The smallest absolute Gasteiger partial charge is 0.262 e. The van der Waals surface area contributed by atoms with Gasteiger partial charge in [0.05, 0.1) is 15.6 Å². The van der Waals surface area contributed by atoms with Gasteiger partial charge in [-0.15, -0.1) is 11.3 Å². The van der Waals surface area contributed by atoms with Crippen LogP contribution in [-0.4, -0.2) is 31.2 Å². The summed E-state index contributed by atoms with van der Waals surface area (Å²) in [5.41, 5.74) is 2.36. The number of carbonyl (C=O) groups excluding carboxylic acids is 2. The molecule has 2 amide bonds. The minimum Gasteiger partial charge on any atom is -0.336 e.